The first-order chi connectivity index (χ1) is 17.9. The number of aliphatic hydroxyl groups is 1. The van der Waals surface area contributed by atoms with Crippen LogP contribution in [-0.4, -0.2) is 73.1 Å². The van der Waals surface area contributed by atoms with Crippen molar-refractivity contribution in [2.24, 2.45) is 0 Å². The minimum atomic E-state index is -0.653. The van der Waals surface area contributed by atoms with Crippen molar-refractivity contribution >= 4 is 5.69 Å². The van der Waals surface area contributed by atoms with Crippen LogP contribution in [0.1, 0.15) is 32.2 Å². The van der Waals surface area contributed by atoms with Gasteiger partial charge in [0.2, 0.25) is 0 Å². The average molecular weight is 498 g/mol. The highest BCUT2D eigenvalue weighted by atomic mass is 16.3. The molecule has 1 aromatic carbocycles. The molecule has 0 unspecified atom stereocenters. The molecule has 8 heteroatoms. The minimum absolute atomic E-state index is 0.653. The zero-order valence-electron chi connectivity index (χ0n) is 21.9. The van der Waals surface area contributed by atoms with Gasteiger partial charge in [0, 0.05) is 87.3 Å². The van der Waals surface area contributed by atoms with Gasteiger partial charge >= 0.3 is 0 Å². The van der Waals surface area contributed by atoms with Crippen molar-refractivity contribution < 1.29 is 5.11 Å². The third-order valence-electron chi connectivity index (χ3n) is 6.65. The summed E-state index contributed by atoms with van der Waals surface area (Å²) in [7, 11) is 0. The summed E-state index contributed by atoms with van der Waals surface area (Å²) in [5.41, 5.74) is 5.46. The molecule has 0 atom stereocenters. The van der Waals surface area contributed by atoms with Crippen molar-refractivity contribution in [3.8, 4) is 22.5 Å². The number of benzene rings is 1. The number of nitrogens with zero attached hydrogens (tertiary/aromatic N) is 7. The zero-order chi connectivity index (χ0) is 25.8. The normalized spacial score (nSPS) is 14.8. The Labute approximate surface area is 218 Å². The van der Waals surface area contributed by atoms with E-state index in [0.29, 0.717) is 13.0 Å². The van der Waals surface area contributed by atoms with Gasteiger partial charge in [0.25, 0.3) is 0 Å². The Hall–Kier alpha value is -3.62. The van der Waals surface area contributed by atoms with Crippen molar-refractivity contribution in [3.63, 3.8) is 0 Å². The van der Waals surface area contributed by atoms with E-state index in [9.17, 15) is 5.11 Å². The molecule has 192 valence electrons. The lowest BCUT2D eigenvalue weighted by molar-refractivity contribution is 0.0345. The van der Waals surface area contributed by atoms with E-state index in [1.807, 2.05) is 55.3 Å². The molecule has 5 rings (SSSR count). The lowest BCUT2D eigenvalue weighted by Crippen LogP contribution is -2.50. The molecule has 1 N–H and O–H groups in total. The van der Waals surface area contributed by atoms with Gasteiger partial charge in [-0.2, -0.15) is 5.10 Å². The van der Waals surface area contributed by atoms with E-state index in [4.69, 9.17) is 10.1 Å². The highest BCUT2D eigenvalue weighted by Gasteiger charge is 2.23. The van der Waals surface area contributed by atoms with E-state index < -0.39 is 5.60 Å². The molecule has 0 bridgehead atoms. The van der Waals surface area contributed by atoms with Crippen molar-refractivity contribution in [2.75, 3.05) is 37.6 Å². The molecule has 0 aliphatic carbocycles. The van der Waals surface area contributed by atoms with Gasteiger partial charge in [-0.15, -0.1) is 0 Å². The Morgan fingerprint density at radius 1 is 0.973 bits per heavy atom. The predicted octanol–water partition coefficient (Wildman–Crippen LogP) is 3.91. The topological polar surface area (TPSA) is 83.2 Å². The van der Waals surface area contributed by atoms with Crippen LogP contribution >= 0.6 is 0 Å². The molecule has 0 radical (unpaired) electrons. The van der Waals surface area contributed by atoms with Crippen LogP contribution in [0.5, 0.6) is 0 Å². The maximum absolute atomic E-state index is 10.1. The molecule has 1 fully saturated rings. The number of piperazine rings is 1. The summed E-state index contributed by atoms with van der Waals surface area (Å²) >= 11 is 0. The fourth-order valence-corrected chi connectivity index (χ4v) is 4.84. The molecule has 37 heavy (non-hydrogen) atoms. The number of hydrogen-bond acceptors (Lipinski definition) is 7. The SMILES string of the molecule is CCn1cc(-c2ccnc(Cc3ccc(N4CCN(CC(C)(C)O)CC4)cc3)n2)c(-c2cccnc2)n1. The maximum Gasteiger partial charge on any atom is 0.133 e. The van der Waals surface area contributed by atoms with Crippen molar-refractivity contribution in [3.05, 3.63) is 78.6 Å². The van der Waals surface area contributed by atoms with Gasteiger partial charge in [0.15, 0.2) is 0 Å². The van der Waals surface area contributed by atoms with Crippen LogP contribution in [0.4, 0.5) is 5.69 Å². The summed E-state index contributed by atoms with van der Waals surface area (Å²) in [5.74, 6) is 0.784. The number of aromatic nitrogens is 5. The van der Waals surface area contributed by atoms with E-state index in [2.05, 4.69) is 51.0 Å². The van der Waals surface area contributed by atoms with Crippen LogP contribution < -0.4 is 4.90 Å². The molecule has 0 amide bonds. The quantitative estimate of drug-likeness (QED) is 0.395. The van der Waals surface area contributed by atoms with Crippen molar-refractivity contribution in [1.82, 2.24) is 29.6 Å². The molecule has 0 spiro atoms. The first-order valence-corrected chi connectivity index (χ1v) is 13.0. The molecule has 4 heterocycles. The Kier molecular flexibility index (Phi) is 7.30. The Bertz CT molecular complexity index is 1300. The number of anilines is 1. The third-order valence-corrected chi connectivity index (χ3v) is 6.65. The first kappa shape index (κ1) is 25.0. The number of hydrogen-bond donors (Lipinski definition) is 1. The summed E-state index contributed by atoms with van der Waals surface area (Å²) < 4.78 is 1.93. The summed E-state index contributed by atoms with van der Waals surface area (Å²) in [6.07, 6.45) is 8.15. The zero-order valence-corrected chi connectivity index (χ0v) is 21.9. The predicted molar refractivity (Wildman–Crippen MR) is 146 cm³/mol. The van der Waals surface area contributed by atoms with Gasteiger partial charge in [0.1, 0.15) is 11.5 Å². The number of pyridine rings is 1. The highest BCUT2D eigenvalue weighted by Crippen LogP contribution is 2.29. The third kappa shape index (κ3) is 6.21. The first-order valence-electron chi connectivity index (χ1n) is 13.0. The summed E-state index contributed by atoms with van der Waals surface area (Å²) in [6, 6.07) is 14.6. The molecular formula is C29H35N7O. The lowest BCUT2D eigenvalue weighted by atomic mass is 10.1. The Balaban J connectivity index is 1.28. The molecule has 8 nitrogen and oxygen atoms in total. The van der Waals surface area contributed by atoms with Gasteiger partial charge in [-0.25, -0.2) is 9.97 Å². The van der Waals surface area contributed by atoms with Gasteiger partial charge in [-0.1, -0.05) is 12.1 Å². The van der Waals surface area contributed by atoms with Gasteiger partial charge < -0.3 is 10.0 Å². The van der Waals surface area contributed by atoms with Gasteiger partial charge in [-0.05, 0) is 56.7 Å². The Morgan fingerprint density at radius 3 is 2.43 bits per heavy atom. The van der Waals surface area contributed by atoms with Crippen molar-refractivity contribution in [2.45, 2.75) is 39.3 Å². The van der Waals surface area contributed by atoms with Gasteiger partial charge in [0.05, 0.1) is 11.3 Å². The van der Waals surface area contributed by atoms with E-state index in [0.717, 1.165) is 61.1 Å². The largest absolute Gasteiger partial charge is 0.389 e. The molecule has 1 saturated heterocycles. The maximum atomic E-state index is 10.1. The van der Waals surface area contributed by atoms with Crippen LogP contribution in [0.25, 0.3) is 22.5 Å². The second-order valence-electron chi connectivity index (χ2n) is 10.3. The fraction of sp³-hybridized carbons (Fsp3) is 0.379. The molecule has 1 aliphatic heterocycles. The fourth-order valence-electron chi connectivity index (χ4n) is 4.84. The standard InChI is InChI=1S/C29H35N7O/c1-4-36-20-25(28(33-36)23-6-5-12-30-19-23)26-11-13-31-27(32-26)18-22-7-9-24(10-8-22)35-16-14-34(15-17-35)21-29(2,3)37/h5-13,19-20,37H,4,14-18,21H2,1-3H3. The van der Waals surface area contributed by atoms with Gasteiger partial charge in [-0.3, -0.25) is 14.6 Å². The number of rotatable bonds is 8. The summed E-state index contributed by atoms with van der Waals surface area (Å²) in [6.45, 7) is 11.2. The number of aryl methyl sites for hydroxylation is 1. The van der Waals surface area contributed by atoms with Crippen LogP contribution in [-0.2, 0) is 13.0 Å². The smallest absolute Gasteiger partial charge is 0.133 e. The van der Waals surface area contributed by atoms with E-state index in [-0.39, 0.29) is 0 Å². The van der Waals surface area contributed by atoms with Crippen molar-refractivity contribution in [1.29, 1.82) is 0 Å². The Morgan fingerprint density at radius 2 is 1.76 bits per heavy atom. The summed E-state index contributed by atoms with van der Waals surface area (Å²) in [5, 5.41) is 14.9. The van der Waals surface area contributed by atoms with E-state index in [1.165, 1.54) is 11.3 Å². The molecule has 3 aromatic heterocycles. The second kappa shape index (κ2) is 10.8. The highest BCUT2D eigenvalue weighted by molar-refractivity contribution is 5.78. The monoisotopic (exact) mass is 497 g/mol. The summed E-state index contributed by atoms with van der Waals surface area (Å²) in [4.78, 5) is 18.5. The van der Waals surface area contributed by atoms with Crippen LogP contribution in [0.2, 0.25) is 0 Å². The molecule has 1 aliphatic rings. The number of β-amino-alcohol motifs (C(OH)–C–C–N with tert-alkyl or cyclic N) is 1. The van der Waals surface area contributed by atoms with Crippen LogP contribution in [0.15, 0.2) is 67.3 Å². The molecule has 0 saturated carbocycles. The molecule has 4 aromatic rings. The second-order valence-corrected chi connectivity index (χ2v) is 10.3. The minimum Gasteiger partial charge on any atom is -0.389 e. The van der Waals surface area contributed by atoms with Crippen LogP contribution in [0, 0.1) is 0 Å². The average Bonchev–Trinajstić information content (AvgIpc) is 3.34. The lowest BCUT2D eigenvalue weighted by Gasteiger charge is -2.38. The molecular weight excluding hydrogens is 462 g/mol. The van der Waals surface area contributed by atoms with E-state index >= 15 is 0 Å². The van der Waals surface area contributed by atoms with E-state index in [1.54, 1.807) is 6.20 Å². The van der Waals surface area contributed by atoms with Crippen LogP contribution in [0.3, 0.4) is 0 Å².